The summed E-state index contributed by atoms with van der Waals surface area (Å²) < 4.78 is 0. The van der Waals surface area contributed by atoms with Gasteiger partial charge in [-0.1, -0.05) is 30.7 Å². The molecule has 0 nitrogen and oxygen atoms in total. The quantitative estimate of drug-likeness (QED) is 0.433. The van der Waals surface area contributed by atoms with E-state index in [-0.39, 0.29) is 0 Å². The van der Waals surface area contributed by atoms with Crippen LogP contribution in [0.5, 0.6) is 0 Å². The van der Waals surface area contributed by atoms with E-state index in [9.17, 15) is 0 Å². The van der Waals surface area contributed by atoms with E-state index in [0.29, 0.717) is 5.92 Å². The molecule has 1 unspecified atom stereocenters. The van der Waals surface area contributed by atoms with Crippen molar-refractivity contribution in [3.63, 3.8) is 0 Å². The summed E-state index contributed by atoms with van der Waals surface area (Å²) in [7, 11) is 0. The van der Waals surface area contributed by atoms with Crippen molar-refractivity contribution in [1.29, 1.82) is 0 Å². The van der Waals surface area contributed by atoms with Gasteiger partial charge in [0.15, 0.2) is 0 Å². The molecule has 0 amide bonds. The van der Waals surface area contributed by atoms with Crippen LogP contribution in [0.25, 0.3) is 0 Å². The SMILES string of the molecule is CC1=CC(C)C=CCC1. The summed E-state index contributed by atoms with van der Waals surface area (Å²) in [6.45, 7) is 4.44. The lowest BCUT2D eigenvalue weighted by atomic mass is 10.1. The van der Waals surface area contributed by atoms with E-state index in [1.807, 2.05) is 0 Å². The lowest BCUT2D eigenvalue weighted by Gasteiger charge is -1.96. The van der Waals surface area contributed by atoms with E-state index in [1.54, 1.807) is 0 Å². The molecule has 1 atom stereocenters. The van der Waals surface area contributed by atoms with E-state index in [0.717, 1.165) is 0 Å². The van der Waals surface area contributed by atoms with E-state index in [4.69, 9.17) is 0 Å². The summed E-state index contributed by atoms with van der Waals surface area (Å²) in [5, 5.41) is 0. The van der Waals surface area contributed by atoms with Crippen molar-refractivity contribution in [3.05, 3.63) is 23.8 Å². The minimum absolute atomic E-state index is 0.660. The predicted molar refractivity (Wildman–Crippen MR) is 41.3 cm³/mol. The Bertz CT molecular complexity index is 140. The van der Waals surface area contributed by atoms with Crippen LogP contribution in [-0.4, -0.2) is 0 Å². The summed E-state index contributed by atoms with van der Waals surface area (Å²) >= 11 is 0. The van der Waals surface area contributed by atoms with E-state index >= 15 is 0 Å². The third-order valence-electron chi connectivity index (χ3n) is 1.69. The molecule has 0 saturated carbocycles. The summed E-state index contributed by atoms with van der Waals surface area (Å²) in [6, 6.07) is 0. The van der Waals surface area contributed by atoms with Crippen LogP contribution in [0.4, 0.5) is 0 Å². The van der Waals surface area contributed by atoms with Crippen molar-refractivity contribution in [2.45, 2.75) is 26.7 Å². The maximum absolute atomic E-state index is 2.34. The fourth-order valence-electron chi connectivity index (χ4n) is 1.21. The molecule has 0 N–H and O–H groups in total. The smallest absolute Gasteiger partial charge is 0.00793 e. The zero-order chi connectivity index (χ0) is 6.69. The second-order valence-electron chi connectivity index (χ2n) is 2.84. The van der Waals surface area contributed by atoms with Gasteiger partial charge >= 0.3 is 0 Å². The molecule has 0 radical (unpaired) electrons. The monoisotopic (exact) mass is 122 g/mol. The van der Waals surface area contributed by atoms with Crippen LogP contribution >= 0.6 is 0 Å². The number of hydrogen-bond donors (Lipinski definition) is 0. The Morgan fingerprint density at radius 1 is 1.56 bits per heavy atom. The van der Waals surface area contributed by atoms with Crippen LogP contribution in [0, 0.1) is 5.92 Å². The lowest BCUT2D eigenvalue weighted by molar-refractivity contribution is 0.924. The first kappa shape index (κ1) is 6.60. The molecule has 50 valence electrons. The lowest BCUT2D eigenvalue weighted by Crippen LogP contribution is -1.81. The highest BCUT2D eigenvalue weighted by atomic mass is 14.0. The number of rotatable bonds is 0. The van der Waals surface area contributed by atoms with Gasteiger partial charge in [0.05, 0.1) is 0 Å². The molecule has 1 aliphatic carbocycles. The molecule has 0 fully saturated rings. The van der Waals surface area contributed by atoms with Crippen molar-refractivity contribution < 1.29 is 0 Å². The zero-order valence-electron chi connectivity index (χ0n) is 6.22. The van der Waals surface area contributed by atoms with Crippen molar-refractivity contribution in [2.24, 2.45) is 5.92 Å². The van der Waals surface area contributed by atoms with Gasteiger partial charge in [-0.15, -0.1) is 0 Å². The molecule has 0 aromatic carbocycles. The molecule has 1 aliphatic rings. The van der Waals surface area contributed by atoms with E-state index in [1.165, 1.54) is 18.4 Å². The summed E-state index contributed by atoms with van der Waals surface area (Å²) in [4.78, 5) is 0. The van der Waals surface area contributed by atoms with Crippen LogP contribution in [0.3, 0.4) is 0 Å². The Labute approximate surface area is 57.3 Å². The van der Waals surface area contributed by atoms with Gasteiger partial charge in [0.1, 0.15) is 0 Å². The van der Waals surface area contributed by atoms with Gasteiger partial charge < -0.3 is 0 Å². The maximum Gasteiger partial charge on any atom is -0.00793 e. The van der Waals surface area contributed by atoms with Crippen molar-refractivity contribution in [2.75, 3.05) is 0 Å². The fraction of sp³-hybridized carbons (Fsp3) is 0.556. The van der Waals surface area contributed by atoms with Gasteiger partial charge in [0, 0.05) is 0 Å². The normalized spacial score (nSPS) is 27.3. The van der Waals surface area contributed by atoms with Crippen molar-refractivity contribution in [1.82, 2.24) is 0 Å². The molecule has 0 bridgehead atoms. The minimum atomic E-state index is 0.660. The average Bonchev–Trinajstić information content (AvgIpc) is 1.93. The summed E-state index contributed by atoms with van der Waals surface area (Å²) in [5.74, 6) is 0.660. The molecule has 1 rings (SSSR count). The minimum Gasteiger partial charge on any atom is -0.0876 e. The third kappa shape index (κ3) is 2.05. The fourth-order valence-corrected chi connectivity index (χ4v) is 1.21. The highest BCUT2D eigenvalue weighted by molar-refractivity contribution is 5.10. The van der Waals surface area contributed by atoms with Gasteiger partial charge in [-0.3, -0.25) is 0 Å². The molecular weight excluding hydrogens is 108 g/mol. The molecule has 0 heterocycles. The van der Waals surface area contributed by atoms with E-state index < -0.39 is 0 Å². The zero-order valence-corrected chi connectivity index (χ0v) is 6.22. The third-order valence-corrected chi connectivity index (χ3v) is 1.69. The topological polar surface area (TPSA) is 0 Å². The largest absolute Gasteiger partial charge is 0.0876 e. The molecule has 0 spiro atoms. The van der Waals surface area contributed by atoms with E-state index in [2.05, 4.69) is 32.1 Å². The first-order valence-electron chi connectivity index (χ1n) is 3.63. The summed E-state index contributed by atoms with van der Waals surface area (Å²) in [6.07, 6.45) is 9.37. The van der Waals surface area contributed by atoms with Crippen LogP contribution in [0.1, 0.15) is 26.7 Å². The highest BCUT2D eigenvalue weighted by Crippen LogP contribution is 2.14. The van der Waals surface area contributed by atoms with Gasteiger partial charge in [0.2, 0.25) is 0 Å². The van der Waals surface area contributed by atoms with Crippen LogP contribution in [0.2, 0.25) is 0 Å². The Hall–Kier alpha value is -0.520. The molecular formula is C9H14. The van der Waals surface area contributed by atoms with Gasteiger partial charge in [0.25, 0.3) is 0 Å². The van der Waals surface area contributed by atoms with Crippen molar-refractivity contribution in [3.8, 4) is 0 Å². The highest BCUT2D eigenvalue weighted by Gasteiger charge is 1.97. The van der Waals surface area contributed by atoms with Crippen LogP contribution in [0.15, 0.2) is 23.8 Å². The number of hydrogen-bond acceptors (Lipinski definition) is 0. The Morgan fingerprint density at radius 3 is 3.11 bits per heavy atom. The molecule has 0 aliphatic heterocycles. The Balaban J connectivity index is 2.62. The standard InChI is InChI=1S/C9H14/c1-8-5-3-4-6-9(2)7-8/h3,5,7-8H,4,6H2,1-2H3. The predicted octanol–water partition coefficient (Wildman–Crippen LogP) is 2.92. The van der Waals surface area contributed by atoms with Gasteiger partial charge in [-0.25, -0.2) is 0 Å². The Kier molecular flexibility index (Phi) is 2.10. The molecule has 0 heteroatoms. The first-order chi connectivity index (χ1) is 4.29. The second kappa shape index (κ2) is 2.86. The first-order valence-corrected chi connectivity index (χ1v) is 3.63. The van der Waals surface area contributed by atoms with Gasteiger partial charge in [-0.05, 0) is 25.7 Å². The summed E-state index contributed by atoms with van der Waals surface area (Å²) in [5.41, 5.74) is 1.53. The average molecular weight is 122 g/mol. The van der Waals surface area contributed by atoms with Crippen molar-refractivity contribution >= 4 is 0 Å². The van der Waals surface area contributed by atoms with Crippen LogP contribution < -0.4 is 0 Å². The Morgan fingerprint density at radius 2 is 2.33 bits per heavy atom. The number of allylic oxidation sites excluding steroid dienone is 4. The second-order valence-corrected chi connectivity index (χ2v) is 2.84. The van der Waals surface area contributed by atoms with Gasteiger partial charge in [-0.2, -0.15) is 0 Å². The molecule has 9 heavy (non-hydrogen) atoms. The van der Waals surface area contributed by atoms with Crippen LogP contribution in [-0.2, 0) is 0 Å². The molecule has 0 saturated heterocycles. The molecule has 0 aromatic rings. The molecule has 0 aromatic heterocycles. The maximum atomic E-state index is 2.34.